The van der Waals surface area contributed by atoms with E-state index in [0.29, 0.717) is 5.57 Å². The topological polar surface area (TPSA) is 99.5 Å². The van der Waals surface area contributed by atoms with Crippen molar-refractivity contribution in [3.05, 3.63) is 75.8 Å². The van der Waals surface area contributed by atoms with Crippen molar-refractivity contribution in [3.8, 4) is 5.88 Å². The summed E-state index contributed by atoms with van der Waals surface area (Å²) >= 11 is 0. The molecule has 3 N–H and O–H groups in total. The van der Waals surface area contributed by atoms with Gasteiger partial charge in [-0.05, 0) is 30.3 Å². The number of amides is 1. The molecule has 7 nitrogen and oxygen atoms in total. The maximum atomic E-state index is 12.8. The fourth-order valence-electron chi connectivity index (χ4n) is 3.15. The molecule has 0 saturated heterocycles. The molecular formula is C21H15F3N4O3. The first-order chi connectivity index (χ1) is 14.7. The number of aromatic hydroxyl groups is 1. The highest BCUT2D eigenvalue weighted by molar-refractivity contribution is 6.21. The quantitative estimate of drug-likeness (QED) is 0.590. The molecule has 3 aromatic rings. The van der Waals surface area contributed by atoms with Crippen molar-refractivity contribution >= 4 is 35.1 Å². The van der Waals surface area contributed by atoms with E-state index in [2.05, 4.69) is 15.3 Å². The predicted molar refractivity (Wildman–Crippen MR) is 109 cm³/mol. The van der Waals surface area contributed by atoms with Crippen molar-refractivity contribution < 1.29 is 23.1 Å². The predicted octanol–water partition coefficient (Wildman–Crippen LogP) is 3.80. The Bertz CT molecular complexity index is 1290. The van der Waals surface area contributed by atoms with Crippen LogP contribution in [0.15, 0.2) is 58.3 Å². The molecule has 0 unspecified atom stereocenters. The molecule has 1 aromatic heterocycles. The number of aromatic amines is 1. The lowest BCUT2D eigenvalue weighted by Crippen LogP contribution is -2.25. The van der Waals surface area contributed by atoms with Crippen LogP contribution >= 0.6 is 0 Å². The number of anilines is 1. The summed E-state index contributed by atoms with van der Waals surface area (Å²) in [7, 11) is 0. The number of rotatable bonds is 4. The average Bonchev–Trinajstić information content (AvgIpc) is 3.24. The Balaban J connectivity index is 1.54. The lowest BCUT2D eigenvalue weighted by atomic mass is 10.1. The Labute approximate surface area is 173 Å². The molecule has 31 heavy (non-hydrogen) atoms. The summed E-state index contributed by atoms with van der Waals surface area (Å²) in [5, 5.41) is 12.7. The number of halogens is 3. The third-order valence-corrected chi connectivity index (χ3v) is 4.62. The number of H-pyrrole nitrogens is 1. The number of para-hydroxylation sites is 1. The Morgan fingerprint density at radius 2 is 1.97 bits per heavy atom. The van der Waals surface area contributed by atoms with E-state index in [0.717, 1.165) is 34.0 Å². The smallest absolute Gasteiger partial charge is 0.416 e. The Hall–Kier alpha value is -4.08. The molecule has 2 aromatic carbocycles. The Morgan fingerprint density at radius 3 is 2.74 bits per heavy atom. The number of fused-ring (bicyclic) bond motifs is 1. The minimum absolute atomic E-state index is 0.0787. The average molecular weight is 428 g/mol. The van der Waals surface area contributed by atoms with Crippen molar-refractivity contribution in [1.29, 1.82) is 0 Å². The SMILES string of the molecule is O=C(Cn1c(O)c(/C=C2\C=Nc3ccccc32)[nH]c1=O)Nc1cccc(C(F)(F)F)c1. The molecule has 158 valence electrons. The molecule has 1 amide bonds. The van der Waals surface area contributed by atoms with Gasteiger partial charge in [0.2, 0.25) is 11.8 Å². The van der Waals surface area contributed by atoms with Crippen LogP contribution in [0.3, 0.4) is 0 Å². The Kier molecular flexibility index (Phi) is 4.97. The van der Waals surface area contributed by atoms with E-state index in [9.17, 15) is 27.9 Å². The molecule has 0 aliphatic carbocycles. The second kappa shape index (κ2) is 7.63. The number of alkyl halides is 3. The summed E-state index contributed by atoms with van der Waals surface area (Å²) in [5.74, 6) is -1.25. The largest absolute Gasteiger partial charge is 0.493 e. The van der Waals surface area contributed by atoms with E-state index in [1.54, 1.807) is 6.21 Å². The first-order valence-corrected chi connectivity index (χ1v) is 9.06. The molecule has 0 bridgehead atoms. The van der Waals surface area contributed by atoms with Crippen molar-refractivity contribution in [3.63, 3.8) is 0 Å². The molecule has 1 aliphatic heterocycles. The molecule has 0 radical (unpaired) electrons. The number of aromatic nitrogens is 2. The van der Waals surface area contributed by atoms with Crippen LogP contribution in [0.2, 0.25) is 0 Å². The molecule has 0 saturated carbocycles. The van der Waals surface area contributed by atoms with Crippen LogP contribution in [0.4, 0.5) is 24.5 Å². The van der Waals surface area contributed by atoms with E-state index in [1.807, 2.05) is 24.3 Å². The van der Waals surface area contributed by atoms with Gasteiger partial charge in [0.05, 0.1) is 11.3 Å². The van der Waals surface area contributed by atoms with Gasteiger partial charge in [-0.15, -0.1) is 0 Å². The van der Waals surface area contributed by atoms with Crippen LogP contribution in [-0.2, 0) is 17.5 Å². The molecule has 0 fully saturated rings. The van der Waals surface area contributed by atoms with Gasteiger partial charge in [-0.1, -0.05) is 24.3 Å². The zero-order chi connectivity index (χ0) is 22.2. The van der Waals surface area contributed by atoms with Crippen LogP contribution < -0.4 is 11.0 Å². The van der Waals surface area contributed by atoms with E-state index in [-0.39, 0.29) is 11.4 Å². The first-order valence-electron chi connectivity index (χ1n) is 9.06. The normalized spacial score (nSPS) is 14.1. The zero-order valence-corrected chi connectivity index (χ0v) is 15.8. The third-order valence-electron chi connectivity index (χ3n) is 4.62. The molecule has 2 heterocycles. The molecule has 10 heteroatoms. The fraction of sp³-hybridized carbons (Fsp3) is 0.0952. The number of allylic oxidation sites excluding steroid dienone is 1. The summed E-state index contributed by atoms with van der Waals surface area (Å²) in [6.07, 6.45) is -1.45. The number of nitrogens with one attached hydrogen (secondary N) is 2. The number of aliphatic imine (C=N–C) groups is 1. The van der Waals surface area contributed by atoms with E-state index in [1.165, 1.54) is 12.1 Å². The lowest BCUT2D eigenvalue weighted by molar-refractivity contribution is -0.137. The van der Waals surface area contributed by atoms with Crippen LogP contribution in [0, 0.1) is 0 Å². The van der Waals surface area contributed by atoms with Gasteiger partial charge in [-0.2, -0.15) is 13.2 Å². The van der Waals surface area contributed by atoms with Gasteiger partial charge < -0.3 is 15.4 Å². The van der Waals surface area contributed by atoms with Gasteiger partial charge in [0.25, 0.3) is 0 Å². The summed E-state index contributed by atoms with van der Waals surface area (Å²) < 4.78 is 39.2. The second-order valence-corrected chi connectivity index (χ2v) is 6.76. The van der Waals surface area contributed by atoms with E-state index >= 15 is 0 Å². The maximum absolute atomic E-state index is 12.8. The molecule has 0 spiro atoms. The van der Waals surface area contributed by atoms with Gasteiger partial charge >= 0.3 is 11.9 Å². The van der Waals surface area contributed by atoms with E-state index in [4.69, 9.17) is 0 Å². The second-order valence-electron chi connectivity index (χ2n) is 6.76. The lowest BCUT2D eigenvalue weighted by Gasteiger charge is -2.10. The zero-order valence-electron chi connectivity index (χ0n) is 15.8. The molecule has 4 rings (SSSR count). The number of carbonyl (C=O) groups excluding carboxylic acids is 1. The standard InChI is InChI=1S/C21H15F3N4O3/c22-21(23,24)13-4-3-5-14(9-13)26-18(29)11-28-19(30)17(27-20(28)31)8-12-10-25-16-7-2-1-6-15(12)16/h1-10,30H,11H2,(H,26,29)(H,27,31)/b12-8+. The van der Waals surface area contributed by atoms with Gasteiger partial charge in [-0.3, -0.25) is 14.4 Å². The summed E-state index contributed by atoms with van der Waals surface area (Å²) in [4.78, 5) is 31.2. The van der Waals surface area contributed by atoms with E-state index < -0.39 is 35.8 Å². The maximum Gasteiger partial charge on any atom is 0.416 e. The highest BCUT2D eigenvalue weighted by Crippen LogP contribution is 2.33. The van der Waals surface area contributed by atoms with Gasteiger partial charge in [0.15, 0.2) is 0 Å². The summed E-state index contributed by atoms with van der Waals surface area (Å²) in [5.41, 5.74) is 0.561. The first kappa shape index (κ1) is 20.2. The number of benzene rings is 2. The number of hydrogen-bond acceptors (Lipinski definition) is 4. The fourth-order valence-corrected chi connectivity index (χ4v) is 3.15. The number of nitrogens with zero attached hydrogens (tertiary/aromatic N) is 2. The Morgan fingerprint density at radius 1 is 1.19 bits per heavy atom. The van der Waals surface area contributed by atoms with Crippen LogP contribution in [0.25, 0.3) is 11.6 Å². The van der Waals surface area contributed by atoms with Crippen molar-refractivity contribution in [2.24, 2.45) is 4.99 Å². The van der Waals surface area contributed by atoms with Crippen molar-refractivity contribution in [1.82, 2.24) is 9.55 Å². The third kappa shape index (κ3) is 4.13. The molecular weight excluding hydrogens is 413 g/mol. The van der Waals surface area contributed by atoms with Gasteiger partial charge in [0, 0.05) is 23.0 Å². The van der Waals surface area contributed by atoms with Gasteiger partial charge in [-0.25, -0.2) is 4.79 Å². The number of hydrogen-bond donors (Lipinski definition) is 3. The molecule has 1 aliphatic rings. The summed E-state index contributed by atoms with van der Waals surface area (Å²) in [6, 6.07) is 11.4. The minimum atomic E-state index is -4.55. The van der Waals surface area contributed by atoms with Crippen LogP contribution in [-0.4, -0.2) is 26.8 Å². The van der Waals surface area contributed by atoms with Crippen LogP contribution in [0.5, 0.6) is 5.88 Å². The van der Waals surface area contributed by atoms with Gasteiger partial charge in [0.1, 0.15) is 12.2 Å². The number of carbonyl (C=O) groups is 1. The van der Waals surface area contributed by atoms with Crippen molar-refractivity contribution in [2.45, 2.75) is 12.7 Å². The summed E-state index contributed by atoms with van der Waals surface area (Å²) in [6.45, 7) is -0.592. The minimum Gasteiger partial charge on any atom is -0.493 e. The van der Waals surface area contributed by atoms with Crippen molar-refractivity contribution in [2.75, 3.05) is 5.32 Å². The van der Waals surface area contributed by atoms with Crippen LogP contribution in [0.1, 0.15) is 16.8 Å². The number of imidazole rings is 1. The monoisotopic (exact) mass is 428 g/mol. The highest BCUT2D eigenvalue weighted by Gasteiger charge is 2.30. The molecule has 0 atom stereocenters. The highest BCUT2D eigenvalue weighted by atomic mass is 19.4.